The highest BCUT2D eigenvalue weighted by molar-refractivity contribution is 5.75. The highest BCUT2D eigenvalue weighted by Crippen LogP contribution is 2.25. The summed E-state index contributed by atoms with van der Waals surface area (Å²) in [4.78, 5) is 11.9. The first kappa shape index (κ1) is 14.5. The van der Waals surface area contributed by atoms with Crippen LogP contribution < -0.4 is 5.32 Å². The monoisotopic (exact) mass is 243 g/mol. The zero-order chi connectivity index (χ0) is 12.9. The van der Waals surface area contributed by atoms with Crippen LogP contribution in [-0.2, 0) is 14.3 Å². The molecule has 0 aromatic heterocycles. The fraction of sp³-hybridized carbons (Fsp3) is 0.923. The van der Waals surface area contributed by atoms with Crippen molar-refractivity contribution in [3.8, 4) is 0 Å². The molecule has 1 aliphatic heterocycles. The van der Waals surface area contributed by atoms with E-state index in [2.05, 4.69) is 12.2 Å². The zero-order valence-corrected chi connectivity index (χ0v) is 11.4. The highest BCUT2D eigenvalue weighted by Gasteiger charge is 2.30. The van der Waals surface area contributed by atoms with E-state index < -0.39 is 0 Å². The molecular formula is C13H25NO3. The zero-order valence-electron chi connectivity index (χ0n) is 11.4. The quantitative estimate of drug-likeness (QED) is 0.726. The Morgan fingerprint density at radius 3 is 2.76 bits per heavy atom. The standard InChI is InChI=1S/C13H25NO3/c1-5-6-7-13(3,4)12(15)17-9-11-14-10(2)8-16-11/h10-11,14H,5-9H2,1-4H3/t10-,11-/m1/s1. The van der Waals surface area contributed by atoms with Gasteiger partial charge in [0.15, 0.2) is 0 Å². The third kappa shape index (κ3) is 4.64. The Morgan fingerprint density at radius 2 is 2.24 bits per heavy atom. The molecule has 1 aliphatic rings. The summed E-state index contributed by atoms with van der Waals surface area (Å²) in [5.41, 5.74) is -0.389. The molecule has 1 rings (SSSR count). The Hall–Kier alpha value is -0.610. The van der Waals surface area contributed by atoms with Crippen LogP contribution in [0.4, 0.5) is 0 Å². The van der Waals surface area contributed by atoms with Crippen molar-refractivity contribution in [1.29, 1.82) is 0 Å². The van der Waals surface area contributed by atoms with Crippen LogP contribution >= 0.6 is 0 Å². The Morgan fingerprint density at radius 1 is 1.53 bits per heavy atom. The summed E-state index contributed by atoms with van der Waals surface area (Å²) in [6, 6.07) is 0.340. The predicted molar refractivity (Wildman–Crippen MR) is 66.6 cm³/mol. The second kappa shape index (κ2) is 6.36. The van der Waals surface area contributed by atoms with E-state index in [1.54, 1.807) is 0 Å². The molecule has 0 aliphatic carbocycles. The van der Waals surface area contributed by atoms with Crippen LogP contribution in [0.5, 0.6) is 0 Å². The highest BCUT2D eigenvalue weighted by atomic mass is 16.6. The maximum atomic E-state index is 11.9. The molecule has 17 heavy (non-hydrogen) atoms. The van der Waals surface area contributed by atoms with E-state index in [0.717, 1.165) is 19.3 Å². The number of hydrogen-bond acceptors (Lipinski definition) is 4. The van der Waals surface area contributed by atoms with Crippen LogP contribution in [0.3, 0.4) is 0 Å². The molecule has 0 aromatic rings. The lowest BCUT2D eigenvalue weighted by molar-refractivity contribution is -0.158. The van der Waals surface area contributed by atoms with Gasteiger partial charge >= 0.3 is 5.97 Å². The van der Waals surface area contributed by atoms with Crippen LogP contribution in [0.15, 0.2) is 0 Å². The van der Waals surface area contributed by atoms with Gasteiger partial charge in [-0.05, 0) is 27.2 Å². The molecular weight excluding hydrogens is 218 g/mol. The van der Waals surface area contributed by atoms with Crippen LogP contribution in [-0.4, -0.2) is 31.5 Å². The number of nitrogens with one attached hydrogen (secondary N) is 1. The summed E-state index contributed by atoms with van der Waals surface area (Å²) < 4.78 is 10.7. The van der Waals surface area contributed by atoms with Gasteiger partial charge in [0, 0.05) is 6.04 Å². The molecule has 0 aromatic carbocycles. The normalized spacial score (nSPS) is 24.9. The number of hydrogen-bond donors (Lipinski definition) is 1. The lowest BCUT2D eigenvalue weighted by Crippen LogP contribution is -2.35. The summed E-state index contributed by atoms with van der Waals surface area (Å²) in [5, 5.41) is 3.20. The first-order valence-corrected chi connectivity index (χ1v) is 6.50. The molecule has 0 amide bonds. The maximum Gasteiger partial charge on any atom is 0.311 e. The van der Waals surface area contributed by atoms with E-state index in [9.17, 15) is 4.79 Å². The average molecular weight is 243 g/mol. The van der Waals surface area contributed by atoms with Gasteiger partial charge in [0.2, 0.25) is 0 Å². The largest absolute Gasteiger partial charge is 0.461 e. The number of carbonyl (C=O) groups is 1. The Balaban J connectivity index is 2.28. The van der Waals surface area contributed by atoms with E-state index in [1.165, 1.54) is 0 Å². The minimum Gasteiger partial charge on any atom is -0.461 e. The van der Waals surface area contributed by atoms with Gasteiger partial charge in [-0.25, -0.2) is 0 Å². The summed E-state index contributed by atoms with van der Waals surface area (Å²) in [6.07, 6.45) is 2.88. The van der Waals surface area contributed by atoms with Gasteiger partial charge in [-0.2, -0.15) is 0 Å². The second-order valence-electron chi connectivity index (χ2n) is 5.48. The molecule has 0 unspecified atom stereocenters. The van der Waals surface area contributed by atoms with Gasteiger partial charge in [0.05, 0.1) is 12.0 Å². The van der Waals surface area contributed by atoms with Gasteiger partial charge in [0.25, 0.3) is 0 Å². The van der Waals surface area contributed by atoms with E-state index >= 15 is 0 Å². The van der Waals surface area contributed by atoms with E-state index in [4.69, 9.17) is 9.47 Å². The Bertz CT molecular complexity index is 253. The summed E-state index contributed by atoms with van der Waals surface area (Å²) in [6.45, 7) is 9.04. The number of unbranched alkanes of at least 4 members (excludes halogenated alkanes) is 1. The molecule has 1 heterocycles. The van der Waals surface area contributed by atoms with Crippen molar-refractivity contribution in [3.63, 3.8) is 0 Å². The summed E-state index contributed by atoms with van der Waals surface area (Å²) in [5.74, 6) is -0.129. The second-order valence-corrected chi connectivity index (χ2v) is 5.48. The van der Waals surface area contributed by atoms with Crippen LogP contribution in [0.1, 0.15) is 47.0 Å². The minimum absolute atomic E-state index is 0.129. The molecule has 4 nitrogen and oxygen atoms in total. The van der Waals surface area contributed by atoms with Crippen molar-refractivity contribution in [2.45, 2.75) is 59.2 Å². The first-order valence-electron chi connectivity index (χ1n) is 6.50. The number of carbonyl (C=O) groups excluding carboxylic acids is 1. The molecule has 100 valence electrons. The predicted octanol–water partition coefficient (Wildman–Crippen LogP) is 2.08. The molecule has 1 N–H and O–H groups in total. The van der Waals surface area contributed by atoms with Crippen LogP contribution in [0.2, 0.25) is 0 Å². The van der Waals surface area contributed by atoms with E-state index in [1.807, 2.05) is 20.8 Å². The smallest absolute Gasteiger partial charge is 0.311 e. The summed E-state index contributed by atoms with van der Waals surface area (Å²) in [7, 11) is 0. The third-order valence-corrected chi connectivity index (χ3v) is 3.09. The fourth-order valence-corrected chi connectivity index (χ4v) is 1.84. The molecule has 4 heteroatoms. The van der Waals surface area contributed by atoms with Crippen molar-refractivity contribution in [2.24, 2.45) is 5.41 Å². The number of rotatable bonds is 6. The Labute approximate surface area is 104 Å². The van der Waals surface area contributed by atoms with E-state index in [-0.39, 0.29) is 17.6 Å². The van der Waals surface area contributed by atoms with Crippen molar-refractivity contribution in [2.75, 3.05) is 13.2 Å². The third-order valence-electron chi connectivity index (χ3n) is 3.09. The van der Waals surface area contributed by atoms with Crippen molar-refractivity contribution >= 4 is 5.97 Å². The van der Waals surface area contributed by atoms with Crippen LogP contribution in [0, 0.1) is 5.41 Å². The summed E-state index contributed by atoms with van der Waals surface area (Å²) >= 11 is 0. The molecule has 1 fully saturated rings. The fourth-order valence-electron chi connectivity index (χ4n) is 1.84. The van der Waals surface area contributed by atoms with Gasteiger partial charge in [-0.15, -0.1) is 0 Å². The molecule has 1 saturated heterocycles. The van der Waals surface area contributed by atoms with Crippen LogP contribution in [0.25, 0.3) is 0 Å². The molecule has 0 bridgehead atoms. The van der Waals surface area contributed by atoms with Gasteiger partial charge in [-0.1, -0.05) is 19.8 Å². The number of ether oxygens (including phenoxy) is 2. The molecule has 2 atom stereocenters. The lowest BCUT2D eigenvalue weighted by atomic mass is 9.87. The van der Waals surface area contributed by atoms with Crippen molar-refractivity contribution in [3.05, 3.63) is 0 Å². The molecule has 0 spiro atoms. The van der Waals surface area contributed by atoms with Gasteiger partial charge in [-0.3, -0.25) is 10.1 Å². The molecule has 0 radical (unpaired) electrons. The van der Waals surface area contributed by atoms with Crippen molar-refractivity contribution < 1.29 is 14.3 Å². The lowest BCUT2D eigenvalue weighted by Gasteiger charge is -2.23. The average Bonchev–Trinajstić information content (AvgIpc) is 2.69. The maximum absolute atomic E-state index is 11.9. The van der Waals surface area contributed by atoms with Gasteiger partial charge in [0.1, 0.15) is 12.8 Å². The van der Waals surface area contributed by atoms with Crippen molar-refractivity contribution in [1.82, 2.24) is 5.32 Å². The minimum atomic E-state index is -0.389. The van der Waals surface area contributed by atoms with Gasteiger partial charge < -0.3 is 9.47 Å². The van der Waals surface area contributed by atoms with E-state index in [0.29, 0.717) is 19.3 Å². The Kier molecular flexibility index (Phi) is 5.40. The topological polar surface area (TPSA) is 47.6 Å². The molecule has 0 saturated carbocycles. The first-order chi connectivity index (χ1) is 7.95. The number of esters is 1. The SMILES string of the molecule is CCCCC(C)(C)C(=O)OC[C@@H]1N[C@H](C)CO1.